The Morgan fingerprint density at radius 1 is 1.43 bits per heavy atom. The molecule has 4 nitrogen and oxygen atoms in total. The molecule has 0 aliphatic heterocycles. The summed E-state index contributed by atoms with van der Waals surface area (Å²) in [6.45, 7) is 6.03. The molecule has 14 heavy (non-hydrogen) atoms. The minimum absolute atomic E-state index is 0.240. The SMILES string of the molecule is CCCC(C)(C)n1ccc(=O)[nH]c1=O. The lowest BCUT2D eigenvalue weighted by Gasteiger charge is -2.26. The van der Waals surface area contributed by atoms with Gasteiger partial charge in [0.15, 0.2) is 0 Å². The third-order valence-electron chi connectivity index (χ3n) is 2.34. The maximum absolute atomic E-state index is 11.5. The van der Waals surface area contributed by atoms with Crippen LogP contribution in [0.5, 0.6) is 0 Å². The van der Waals surface area contributed by atoms with Gasteiger partial charge < -0.3 is 0 Å². The summed E-state index contributed by atoms with van der Waals surface area (Å²) < 4.78 is 1.57. The number of nitrogens with one attached hydrogen (secondary N) is 1. The quantitative estimate of drug-likeness (QED) is 0.786. The van der Waals surface area contributed by atoms with Crippen LogP contribution in [0.2, 0.25) is 0 Å². The van der Waals surface area contributed by atoms with Crippen molar-refractivity contribution >= 4 is 0 Å². The molecule has 0 aliphatic carbocycles. The summed E-state index contributed by atoms with van der Waals surface area (Å²) in [5, 5.41) is 0. The van der Waals surface area contributed by atoms with E-state index in [0.29, 0.717) is 0 Å². The molecule has 1 aromatic rings. The normalized spacial score (nSPS) is 11.6. The van der Waals surface area contributed by atoms with Gasteiger partial charge in [0.1, 0.15) is 0 Å². The number of nitrogens with zero attached hydrogens (tertiary/aromatic N) is 1. The Labute approximate surface area is 82.6 Å². The lowest BCUT2D eigenvalue weighted by atomic mass is 9.99. The second kappa shape index (κ2) is 3.82. The summed E-state index contributed by atoms with van der Waals surface area (Å²) >= 11 is 0. The van der Waals surface area contributed by atoms with E-state index in [2.05, 4.69) is 11.9 Å². The highest BCUT2D eigenvalue weighted by Gasteiger charge is 2.19. The highest BCUT2D eigenvalue weighted by molar-refractivity contribution is 4.89. The molecule has 78 valence electrons. The van der Waals surface area contributed by atoms with Gasteiger partial charge in [-0.05, 0) is 20.3 Å². The van der Waals surface area contributed by atoms with Crippen molar-refractivity contribution in [2.45, 2.75) is 39.2 Å². The number of H-pyrrole nitrogens is 1. The lowest BCUT2D eigenvalue weighted by molar-refractivity contribution is 0.309. The molecule has 1 aromatic heterocycles. The van der Waals surface area contributed by atoms with Crippen molar-refractivity contribution in [1.29, 1.82) is 0 Å². The van der Waals surface area contributed by atoms with Gasteiger partial charge in [-0.25, -0.2) is 4.79 Å². The molecule has 0 saturated carbocycles. The summed E-state index contributed by atoms with van der Waals surface area (Å²) in [5.74, 6) is 0. The Bertz CT molecular complexity index is 415. The maximum Gasteiger partial charge on any atom is 0.328 e. The predicted molar refractivity (Wildman–Crippen MR) is 55.6 cm³/mol. The van der Waals surface area contributed by atoms with Crippen LogP contribution in [-0.4, -0.2) is 9.55 Å². The molecule has 0 fully saturated rings. The van der Waals surface area contributed by atoms with Crippen molar-refractivity contribution < 1.29 is 0 Å². The largest absolute Gasteiger partial charge is 0.328 e. The molecule has 0 aliphatic rings. The topological polar surface area (TPSA) is 54.9 Å². The van der Waals surface area contributed by atoms with Crippen molar-refractivity contribution in [2.24, 2.45) is 0 Å². The van der Waals surface area contributed by atoms with Crippen molar-refractivity contribution in [3.63, 3.8) is 0 Å². The van der Waals surface area contributed by atoms with E-state index in [1.54, 1.807) is 10.8 Å². The van der Waals surface area contributed by atoms with Crippen molar-refractivity contribution in [3.8, 4) is 0 Å². The Hall–Kier alpha value is -1.32. The van der Waals surface area contributed by atoms with Crippen LogP contribution in [0.15, 0.2) is 21.9 Å². The summed E-state index contributed by atoms with van der Waals surface area (Å²) in [7, 11) is 0. The first-order chi connectivity index (χ1) is 6.47. The van der Waals surface area contributed by atoms with Crippen LogP contribution in [0.4, 0.5) is 0 Å². The molecule has 0 saturated heterocycles. The third-order valence-corrected chi connectivity index (χ3v) is 2.34. The standard InChI is InChI=1S/C10H16N2O2/c1-4-6-10(2,3)12-7-5-8(13)11-9(12)14/h5,7H,4,6H2,1-3H3,(H,11,13,14). The molecule has 0 atom stereocenters. The molecular weight excluding hydrogens is 180 g/mol. The summed E-state index contributed by atoms with van der Waals surface area (Å²) in [4.78, 5) is 24.6. The Kier molecular flexibility index (Phi) is 2.93. The van der Waals surface area contributed by atoms with Gasteiger partial charge in [0, 0.05) is 17.8 Å². The first kappa shape index (κ1) is 10.8. The van der Waals surface area contributed by atoms with E-state index in [0.717, 1.165) is 12.8 Å². The Morgan fingerprint density at radius 3 is 2.57 bits per heavy atom. The summed E-state index contributed by atoms with van der Waals surface area (Å²) in [6, 6.07) is 1.37. The average molecular weight is 196 g/mol. The number of aromatic nitrogens is 2. The van der Waals surface area contributed by atoms with Crippen LogP contribution in [0.3, 0.4) is 0 Å². The van der Waals surface area contributed by atoms with Gasteiger partial charge in [-0.1, -0.05) is 13.3 Å². The number of rotatable bonds is 3. The van der Waals surface area contributed by atoms with Gasteiger partial charge in [0.05, 0.1) is 0 Å². The molecule has 1 heterocycles. The third kappa shape index (κ3) is 2.13. The fourth-order valence-electron chi connectivity index (χ4n) is 1.63. The average Bonchev–Trinajstić information content (AvgIpc) is 2.02. The zero-order chi connectivity index (χ0) is 10.8. The molecular formula is C10H16N2O2. The van der Waals surface area contributed by atoms with E-state index >= 15 is 0 Å². The summed E-state index contributed by atoms with van der Waals surface area (Å²) in [5.41, 5.74) is -0.926. The predicted octanol–water partition coefficient (Wildman–Crippen LogP) is 1.07. The molecule has 0 amide bonds. The van der Waals surface area contributed by atoms with Crippen LogP contribution in [-0.2, 0) is 5.54 Å². The number of hydrogen-bond acceptors (Lipinski definition) is 2. The zero-order valence-electron chi connectivity index (χ0n) is 8.83. The van der Waals surface area contributed by atoms with Gasteiger partial charge in [-0.2, -0.15) is 0 Å². The van der Waals surface area contributed by atoms with Crippen molar-refractivity contribution in [1.82, 2.24) is 9.55 Å². The van der Waals surface area contributed by atoms with E-state index in [1.807, 2.05) is 13.8 Å². The second-order valence-electron chi connectivity index (χ2n) is 4.04. The van der Waals surface area contributed by atoms with Gasteiger partial charge in [-0.3, -0.25) is 14.3 Å². The minimum Gasteiger partial charge on any atom is -0.295 e. The number of hydrogen-bond donors (Lipinski definition) is 1. The molecule has 0 bridgehead atoms. The second-order valence-corrected chi connectivity index (χ2v) is 4.04. The first-order valence-electron chi connectivity index (χ1n) is 4.80. The highest BCUT2D eigenvalue weighted by atomic mass is 16.2. The smallest absolute Gasteiger partial charge is 0.295 e. The number of aromatic amines is 1. The van der Waals surface area contributed by atoms with E-state index in [1.165, 1.54) is 6.07 Å². The Morgan fingerprint density at radius 2 is 2.07 bits per heavy atom. The van der Waals surface area contributed by atoms with Crippen molar-refractivity contribution in [3.05, 3.63) is 33.1 Å². The molecule has 0 radical (unpaired) electrons. The van der Waals surface area contributed by atoms with Gasteiger partial charge in [0.25, 0.3) is 5.56 Å². The van der Waals surface area contributed by atoms with Crippen LogP contribution in [0, 0.1) is 0 Å². The lowest BCUT2D eigenvalue weighted by Crippen LogP contribution is -2.39. The zero-order valence-corrected chi connectivity index (χ0v) is 8.83. The van der Waals surface area contributed by atoms with Crippen LogP contribution in [0.25, 0.3) is 0 Å². The van der Waals surface area contributed by atoms with Gasteiger partial charge >= 0.3 is 5.69 Å². The van der Waals surface area contributed by atoms with E-state index in [-0.39, 0.29) is 16.8 Å². The molecule has 0 unspecified atom stereocenters. The van der Waals surface area contributed by atoms with E-state index in [9.17, 15) is 9.59 Å². The monoisotopic (exact) mass is 196 g/mol. The van der Waals surface area contributed by atoms with Crippen molar-refractivity contribution in [2.75, 3.05) is 0 Å². The first-order valence-corrected chi connectivity index (χ1v) is 4.80. The molecule has 0 spiro atoms. The molecule has 4 heteroatoms. The fourth-order valence-corrected chi connectivity index (χ4v) is 1.63. The molecule has 1 rings (SSSR count). The van der Waals surface area contributed by atoms with E-state index in [4.69, 9.17) is 0 Å². The Balaban J connectivity index is 3.19. The van der Waals surface area contributed by atoms with Crippen LogP contribution in [0.1, 0.15) is 33.6 Å². The van der Waals surface area contributed by atoms with Gasteiger partial charge in [0.2, 0.25) is 0 Å². The molecule has 1 N–H and O–H groups in total. The summed E-state index contributed by atoms with van der Waals surface area (Å²) in [6.07, 6.45) is 3.45. The van der Waals surface area contributed by atoms with Gasteiger partial charge in [-0.15, -0.1) is 0 Å². The maximum atomic E-state index is 11.5. The minimum atomic E-state index is -0.349. The van der Waals surface area contributed by atoms with E-state index < -0.39 is 0 Å². The fraction of sp³-hybridized carbons (Fsp3) is 0.600. The van der Waals surface area contributed by atoms with Crippen LogP contribution >= 0.6 is 0 Å². The van der Waals surface area contributed by atoms with Crippen LogP contribution < -0.4 is 11.2 Å². The molecule has 0 aromatic carbocycles. The highest BCUT2D eigenvalue weighted by Crippen LogP contribution is 2.18.